The molecule has 1 saturated carbocycles. The summed E-state index contributed by atoms with van der Waals surface area (Å²) in [6, 6.07) is 7.22. The molecular weight excluding hydrogens is 436 g/mol. The van der Waals surface area contributed by atoms with Crippen molar-refractivity contribution in [2.45, 2.75) is 24.7 Å². The van der Waals surface area contributed by atoms with E-state index in [-0.39, 0.29) is 28.5 Å². The fourth-order valence-electron chi connectivity index (χ4n) is 3.36. The first-order valence-corrected chi connectivity index (χ1v) is 9.34. The number of hydrogen-bond donors (Lipinski definition) is 0. The van der Waals surface area contributed by atoms with Crippen LogP contribution in [0.2, 0.25) is 20.1 Å². The first kappa shape index (κ1) is 20.1. The van der Waals surface area contributed by atoms with Gasteiger partial charge in [0.2, 0.25) is 0 Å². The molecule has 3 rings (SSSR count). The molecule has 2 aromatic rings. The normalized spacial score (nSPS) is 20.0. The van der Waals surface area contributed by atoms with Crippen LogP contribution in [-0.2, 0) is 9.59 Å². The smallest absolute Gasteiger partial charge is 0.276 e. The number of benzene rings is 2. The Labute approximate surface area is 174 Å². The van der Waals surface area contributed by atoms with Gasteiger partial charge in [0.05, 0.1) is 15.5 Å². The van der Waals surface area contributed by atoms with Gasteiger partial charge in [-0.05, 0) is 29.7 Å². The Kier molecular flexibility index (Phi) is 5.77. The number of halogens is 4. The second-order valence-electron chi connectivity index (χ2n) is 6.21. The minimum absolute atomic E-state index is 0.00781. The zero-order valence-electron chi connectivity index (χ0n) is 13.5. The lowest BCUT2D eigenvalue weighted by molar-refractivity contribution is -0.385. The third kappa shape index (κ3) is 3.97. The number of Topliss-reactive ketones (excluding diaryl/α,β-unsaturated/α-hetero) is 2. The summed E-state index contributed by atoms with van der Waals surface area (Å²) in [6.07, 6.45) is 0.0156. The molecule has 5 nitrogen and oxygen atoms in total. The van der Waals surface area contributed by atoms with Crippen molar-refractivity contribution >= 4 is 63.7 Å². The molecule has 0 heterocycles. The Bertz CT molecular complexity index is 958. The molecule has 0 amide bonds. The number of nitro benzene ring substituents is 1. The number of hydrogen-bond acceptors (Lipinski definition) is 4. The average molecular weight is 447 g/mol. The Morgan fingerprint density at radius 3 is 2.04 bits per heavy atom. The second kappa shape index (κ2) is 7.76. The van der Waals surface area contributed by atoms with Gasteiger partial charge in [-0.3, -0.25) is 19.7 Å². The average Bonchev–Trinajstić information content (AvgIpc) is 2.55. The third-order valence-corrected chi connectivity index (χ3v) is 5.59. The van der Waals surface area contributed by atoms with E-state index in [0.29, 0.717) is 15.6 Å². The fraction of sp³-hybridized carbons (Fsp3) is 0.222. The van der Waals surface area contributed by atoms with E-state index in [4.69, 9.17) is 46.4 Å². The highest BCUT2D eigenvalue weighted by atomic mass is 35.5. The van der Waals surface area contributed by atoms with Gasteiger partial charge in [0.1, 0.15) is 17.5 Å². The van der Waals surface area contributed by atoms with E-state index in [1.807, 2.05) is 0 Å². The molecule has 0 atom stereocenters. The quantitative estimate of drug-likeness (QED) is 0.328. The van der Waals surface area contributed by atoms with Crippen molar-refractivity contribution in [3.05, 3.63) is 71.7 Å². The van der Waals surface area contributed by atoms with Gasteiger partial charge in [-0.15, -0.1) is 0 Å². The van der Waals surface area contributed by atoms with Crippen molar-refractivity contribution in [3.63, 3.8) is 0 Å². The van der Waals surface area contributed by atoms with Gasteiger partial charge in [-0.1, -0.05) is 52.5 Å². The summed E-state index contributed by atoms with van der Waals surface area (Å²) in [5.41, 5.74) is 0.0850. The van der Waals surface area contributed by atoms with Crippen molar-refractivity contribution in [1.82, 2.24) is 0 Å². The van der Waals surface area contributed by atoms with Gasteiger partial charge >= 0.3 is 0 Å². The Balaban J connectivity index is 1.99. The number of nitro groups is 1. The van der Waals surface area contributed by atoms with Gasteiger partial charge in [-0.25, -0.2) is 0 Å². The standard InChI is InChI=1S/C18H11Cl4NO4/c19-9-1-2-11(12(21)5-9)8-3-15(24)18(16(25)4-8)17-13(22)6-10(20)7-14(17)23(26)27/h1-2,5-8,18H,3-4H2. The predicted octanol–water partition coefficient (Wildman–Crippen LogP) is 6.01. The zero-order chi connectivity index (χ0) is 19.9. The molecule has 0 aliphatic heterocycles. The van der Waals surface area contributed by atoms with Crippen molar-refractivity contribution < 1.29 is 14.5 Å². The lowest BCUT2D eigenvalue weighted by Crippen LogP contribution is -2.31. The maximum absolute atomic E-state index is 12.8. The van der Waals surface area contributed by atoms with Gasteiger partial charge in [0.25, 0.3) is 5.69 Å². The molecule has 0 saturated heterocycles. The van der Waals surface area contributed by atoms with E-state index in [1.54, 1.807) is 18.2 Å². The van der Waals surface area contributed by atoms with Gasteiger partial charge in [0.15, 0.2) is 0 Å². The Hall–Kier alpha value is -1.66. The summed E-state index contributed by atoms with van der Waals surface area (Å²) >= 11 is 24.0. The van der Waals surface area contributed by atoms with Gasteiger partial charge in [0, 0.05) is 34.0 Å². The van der Waals surface area contributed by atoms with E-state index in [2.05, 4.69) is 0 Å². The highest BCUT2D eigenvalue weighted by Crippen LogP contribution is 2.44. The van der Waals surface area contributed by atoms with Crippen LogP contribution in [0.5, 0.6) is 0 Å². The van der Waals surface area contributed by atoms with Crippen molar-refractivity contribution in [1.29, 1.82) is 0 Å². The molecule has 140 valence electrons. The van der Waals surface area contributed by atoms with Crippen LogP contribution in [0.25, 0.3) is 0 Å². The molecule has 0 aromatic heterocycles. The molecule has 27 heavy (non-hydrogen) atoms. The topological polar surface area (TPSA) is 77.3 Å². The van der Waals surface area contributed by atoms with Gasteiger partial charge in [-0.2, -0.15) is 0 Å². The number of carbonyl (C=O) groups is 2. The van der Waals surface area contributed by atoms with E-state index < -0.39 is 34.0 Å². The second-order valence-corrected chi connectivity index (χ2v) is 7.90. The lowest BCUT2D eigenvalue weighted by atomic mass is 9.74. The first-order valence-electron chi connectivity index (χ1n) is 7.82. The maximum Gasteiger partial charge on any atom is 0.276 e. The molecule has 1 fully saturated rings. The van der Waals surface area contributed by atoms with E-state index >= 15 is 0 Å². The van der Waals surface area contributed by atoms with Crippen LogP contribution in [0.15, 0.2) is 30.3 Å². The number of ketones is 2. The monoisotopic (exact) mass is 445 g/mol. The molecule has 1 aliphatic carbocycles. The summed E-state index contributed by atoms with van der Waals surface area (Å²) in [5.74, 6) is -2.61. The minimum atomic E-state index is -1.29. The Morgan fingerprint density at radius 2 is 1.48 bits per heavy atom. The summed E-state index contributed by atoms with van der Waals surface area (Å²) in [5, 5.41) is 12.2. The number of nitrogens with zero attached hydrogens (tertiary/aromatic N) is 1. The molecule has 1 aliphatic rings. The molecule has 0 N–H and O–H groups in total. The van der Waals surface area contributed by atoms with Crippen molar-refractivity contribution in [3.8, 4) is 0 Å². The maximum atomic E-state index is 12.8. The molecule has 0 spiro atoms. The largest absolute Gasteiger partial charge is 0.298 e. The molecule has 0 bridgehead atoms. The first-order chi connectivity index (χ1) is 12.7. The van der Waals surface area contributed by atoms with Crippen LogP contribution >= 0.6 is 46.4 Å². The fourth-order valence-corrected chi connectivity index (χ4v) is 4.51. The van der Waals surface area contributed by atoms with Crippen LogP contribution in [0.3, 0.4) is 0 Å². The molecule has 2 aromatic carbocycles. The molecule has 0 radical (unpaired) electrons. The molecule has 0 unspecified atom stereocenters. The van der Waals surface area contributed by atoms with Crippen LogP contribution in [-0.4, -0.2) is 16.5 Å². The van der Waals surface area contributed by atoms with Crippen LogP contribution in [0, 0.1) is 10.1 Å². The Morgan fingerprint density at radius 1 is 0.889 bits per heavy atom. The van der Waals surface area contributed by atoms with Crippen molar-refractivity contribution in [2.75, 3.05) is 0 Å². The third-order valence-electron chi connectivity index (χ3n) is 4.50. The summed E-state index contributed by atoms with van der Waals surface area (Å²) in [4.78, 5) is 36.2. The predicted molar refractivity (Wildman–Crippen MR) is 104 cm³/mol. The summed E-state index contributed by atoms with van der Waals surface area (Å²) in [6.45, 7) is 0. The van der Waals surface area contributed by atoms with Crippen LogP contribution < -0.4 is 0 Å². The van der Waals surface area contributed by atoms with E-state index in [0.717, 1.165) is 6.07 Å². The van der Waals surface area contributed by atoms with Crippen LogP contribution in [0.4, 0.5) is 5.69 Å². The summed E-state index contributed by atoms with van der Waals surface area (Å²) in [7, 11) is 0. The number of carbonyl (C=O) groups excluding carboxylic acids is 2. The highest BCUT2D eigenvalue weighted by molar-refractivity contribution is 6.36. The highest BCUT2D eigenvalue weighted by Gasteiger charge is 2.42. The van der Waals surface area contributed by atoms with E-state index in [1.165, 1.54) is 6.07 Å². The molecular formula is C18H11Cl4NO4. The molecule has 9 heteroatoms. The van der Waals surface area contributed by atoms with Gasteiger partial charge < -0.3 is 0 Å². The SMILES string of the molecule is O=C1CC(c2ccc(Cl)cc2Cl)CC(=O)C1c1c(Cl)cc(Cl)cc1[N+](=O)[O-]. The van der Waals surface area contributed by atoms with Crippen molar-refractivity contribution in [2.24, 2.45) is 0 Å². The number of rotatable bonds is 3. The summed E-state index contributed by atoms with van der Waals surface area (Å²) < 4.78 is 0. The lowest BCUT2D eigenvalue weighted by Gasteiger charge is -2.27. The minimum Gasteiger partial charge on any atom is -0.298 e. The zero-order valence-corrected chi connectivity index (χ0v) is 16.6. The van der Waals surface area contributed by atoms with E-state index in [9.17, 15) is 19.7 Å². The van der Waals surface area contributed by atoms with Crippen LogP contribution in [0.1, 0.15) is 35.8 Å².